The summed E-state index contributed by atoms with van der Waals surface area (Å²) >= 11 is 0. The average molecular weight is 393 g/mol. The molecule has 8 nitrogen and oxygen atoms in total. The lowest BCUT2D eigenvalue weighted by Crippen LogP contribution is -2.36. The van der Waals surface area contributed by atoms with Crippen LogP contribution in [0.1, 0.15) is 18.1 Å². The van der Waals surface area contributed by atoms with Gasteiger partial charge < -0.3 is 15.7 Å². The molecule has 3 N–H and O–H groups in total. The molecule has 0 fully saturated rings. The molecule has 3 rings (SSSR count). The van der Waals surface area contributed by atoms with E-state index in [4.69, 9.17) is 0 Å². The topological polar surface area (TPSA) is 122 Å². The van der Waals surface area contributed by atoms with Crippen molar-refractivity contribution in [3.63, 3.8) is 0 Å². The summed E-state index contributed by atoms with van der Waals surface area (Å²) in [6.45, 7) is 0.0630. The van der Waals surface area contributed by atoms with Gasteiger partial charge in [0.2, 0.25) is 0 Å². The van der Waals surface area contributed by atoms with Crippen LogP contribution in [0.2, 0.25) is 0 Å². The lowest BCUT2D eigenvalue weighted by atomic mass is 9.99. The van der Waals surface area contributed by atoms with Crippen LogP contribution in [0.4, 0.5) is 11.4 Å². The van der Waals surface area contributed by atoms with Gasteiger partial charge in [-0.25, -0.2) is 0 Å². The number of aliphatic hydroxyl groups excluding tert-OH is 1. The quantitative estimate of drug-likeness (QED) is 0.338. The smallest absolute Gasteiger partial charge is 0.313 e. The van der Waals surface area contributed by atoms with Gasteiger partial charge in [0.15, 0.2) is 0 Å². The van der Waals surface area contributed by atoms with Crippen molar-refractivity contribution >= 4 is 34.0 Å². The maximum Gasteiger partial charge on any atom is 0.313 e. The maximum atomic E-state index is 12.0. The maximum absolute atomic E-state index is 12.0. The zero-order valence-electron chi connectivity index (χ0n) is 15.4. The second-order valence-corrected chi connectivity index (χ2v) is 6.36. The van der Waals surface area contributed by atoms with E-state index < -0.39 is 22.8 Å². The minimum atomic E-state index is -1.01. The van der Waals surface area contributed by atoms with Gasteiger partial charge in [-0.05, 0) is 28.8 Å². The van der Waals surface area contributed by atoms with E-state index in [9.17, 15) is 24.8 Å². The first-order valence-corrected chi connectivity index (χ1v) is 8.95. The minimum absolute atomic E-state index is 0.0616. The number of carbonyl (C=O) groups is 2. The van der Waals surface area contributed by atoms with E-state index in [1.165, 1.54) is 24.3 Å². The molecule has 1 unspecified atom stereocenters. The van der Waals surface area contributed by atoms with Crippen molar-refractivity contribution in [3.8, 4) is 0 Å². The molecule has 3 aromatic rings. The summed E-state index contributed by atoms with van der Waals surface area (Å²) in [7, 11) is 0. The zero-order chi connectivity index (χ0) is 20.8. The summed E-state index contributed by atoms with van der Waals surface area (Å²) in [6, 6.07) is 18.8. The summed E-state index contributed by atoms with van der Waals surface area (Å²) in [4.78, 5) is 34.3. The van der Waals surface area contributed by atoms with Gasteiger partial charge in [0.1, 0.15) is 5.69 Å². The Morgan fingerprint density at radius 2 is 1.66 bits per heavy atom. The summed E-state index contributed by atoms with van der Waals surface area (Å²) < 4.78 is 0. The van der Waals surface area contributed by atoms with Crippen molar-refractivity contribution in [2.75, 3.05) is 11.9 Å². The largest absolute Gasteiger partial charge is 0.388 e. The highest BCUT2D eigenvalue weighted by Gasteiger charge is 2.19. The normalized spacial score (nSPS) is 11.6. The lowest BCUT2D eigenvalue weighted by molar-refractivity contribution is -0.383. The Balaban J connectivity index is 1.57. The Labute approximate surface area is 166 Å². The van der Waals surface area contributed by atoms with E-state index in [2.05, 4.69) is 10.6 Å². The highest BCUT2D eigenvalue weighted by molar-refractivity contribution is 6.39. The average Bonchev–Trinajstić information content (AvgIpc) is 2.73. The first-order valence-electron chi connectivity index (χ1n) is 8.95. The van der Waals surface area contributed by atoms with Gasteiger partial charge in [-0.2, -0.15) is 0 Å². The predicted octanol–water partition coefficient (Wildman–Crippen LogP) is 2.93. The molecule has 0 spiro atoms. The lowest BCUT2D eigenvalue weighted by Gasteiger charge is -2.14. The highest BCUT2D eigenvalue weighted by atomic mass is 16.6. The highest BCUT2D eigenvalue weighted by Crippen LogP contribution is 2.26. The summed E-state index contributed by atoms with van der Waals surface area (Å²) in [5.41, 5.74) is 0.371. The van der Waals surface area contributed by atoms with E-state index in [1.54, 1.807) is 0 Å². The van der Waals surface area contributed by atoms with E-state index in [1.807, 2.05) is 42.5 Å². The van der Waals surface area contributed by atoms with Crippen LogP contribution in [0.5, 0.6) is 0 Å². The molecule has 0 heterocycles. The summed E-state index contributed by atoms with van der Waals surface area (Å²) in [6.07, 6.45) is -0.613. The van der Waals surface area contributed by atoms with Gasteiger partial charge >= 0.3 is 11.8 Å². The van der Waals surface area contributed by atoms with Crippen LogP contribution in [0.3, 0.4) is 0 Å². The molecule has 0 saturated heterocycles. The number of nitro benzene ring substituents is 1. The monoisotopic (exact) mass is 393 g/mol. The molecule has 3 aromatic carbocycles. The number of nitrogens with zero attached hydrogens (tertiary/aromatic N) is 1. The Bertz CT molecular complexity index is 1060. The fourth-order valence-electron chi connectivity index (χ4n) is 3.02. The van der Waals surface area contributed by atoms with Gasteiger partial charge in [-0.1, -0.05) is 54.6 Å². The number of nitrogens with one attached hydrogen (secondary N) is 2. The van der Waals surface area contributed by atoms with Crippen molar-refractivity contribution in [2.45, 2.75) is 12.5 Å². The van der Waals surface area contributed by atoms with Crippen LogP contribution < -0.4 is 10.6 Å². The Morgan fingerprint density at radius 1 is 0.966 bits per heavy atom. The fourth-order valence-corrected chi connectivity index (χ4v) is 3.02. The van der Waals surface area contributed by atoms with Crippen molar-refractivity contribution in [1.82, 2.24) is 5.32 Å². The molecule has 8 heteroatoms. The molecule has 0 aliphatic heterocycles. The third kappa shape index (κ3) is 4.74. The van der Waals surface area contributed by atoms with Gasteiger partial charge in [-0.3, -0.25) is 19.7 Å². The predicted molar refractivity (Wildman–Crippen MR) is 108 cm³/mol. The van der Waals surface area contributed by atoms with Crippen LogP contribution in [0.25, 0.3) is 10.8 Å². The van der Waals surface area contributed by atoms with E-state index in [0.717, 1.165) is 16.3 Å². The number of hydrogen-bond donors (Lipinski definition) is 3. The number of benzene rings is 3. The van der Waals surface area contributed by atoms with Gasteiger partial charge in [0.25, 0.3) is 5.69 Å². The second-order valence-electron chi connectivity index (χ2n) is 6.36. The SMILES string of the molecule is O=C(NCCC(O)c1cccc2ccccc12)C(=O)Nc1ccccc1[N+](=O)[O-]. The number of para-hydroxylation sites is 2. The van der Waals surface area contributed by atoms with Gasteiger partial charge in [-0.15, -0.1) is 0 Å². The van der Waals surface area contributed by atoms with Crippen LogP contribution in [-0.4, -0.2) is 28.4 Å². The molecule has 0 saturated carbocycles. The van der Waals surface area contributed by atoms with E-state index in [0.29, 0.717) is 0 Å². The Kier molecular flexibility index (Phi) is 6.16. The van der Waals surface area contributed by atoms with E-state index >= 15 is 0 Å². The first kappa shape index (κ1) is 20.0. The Hall–Kier alpha value is -3.78. The third-order valence-corrected chi connectivity index (χ3v) is 4.44. The molecule has 29 heavy (non-hydrogen) atoms. The summed E-state index contributed by atoms with van der Waals surface area (Å²) in [5, 5.41) is 28.0. The number of anilines is 1. The molecule has 1 atom stereocenters. The van der Waals surface area contributed by atoms with Crippen LogP contribution in [-0.2, 0) is 9.59 Å². The zero-order valence-corrected chi connectivity index (χ0v) is 15.4. The van der Waals surface area contributed by atoms with Crippen molar-refractivity contribution in [3.05, 3.63) is 82.4 Å². The molecule has 0 bridgehead atoms. The van der Waals surface area contributed by atoms with Crippen LogP contribution >= 0.6 is 0 Å². The molecule has 148 valence electrons. The molecule has 0 aliphatic rings. The molecule has 0 radical (unpaired) electrons. The number of nitro groups is 1. The standard InChI is InChI=1S/C21H19N3O5/c25-19(16-9-5-7-14-6-1-2-8-15(14)16)12-13-22-20(26)21(27)23-17-10-3-4-11-18(17)24(28)29/h1-11,19,25H,12-13H2,(H,22,26)(H,23,27). The summed E-state index contributed by atoms with van der Waals surface area (Å²) in [5.74, 6) is -1.95. The molecule has 2 amide bonds. The Morgan fingerprint density at radius 3 is 2.45 bits per heavy atom. The molecule has 0 aliphatic carbocycles. The number of aliphatic hydroxyl groups is 1. The number of amides is 2. The van der Waals surface area contributed by atoms with Crippen LogP contribution in [0.15, 0.2) is 66.7 Å². The third-order valence-electron chi connectivity index (χ3n) is 4.44. The minimum Gasteiger partial charge on any atom is -0.388 e. The number of fused-ring (bicyclic) bond motifs is 1. The van der Waals surface area contributed by atoms with Crippen molar-refractivity contribution < 1.29 is 19.6 Å². The number of carbonyl (C=O) groups excluding carboxylic acids is 2. The number of hydrogen-bond acceptors (Lipinski definition) is 5. The van der Waals surface area contributed by atoms with Gasteiger partial charge in [0.05, 0.1) is 11.0 Å². The van der Waals surface area contributed by atoms with Crippen molar-refractivity contribution in [2.24, 2.45) is 0 Å². The van der Waals surface area contributed by atoms with Gasteiger partial charge in [0, 0.05) is 12.6 Å². The second kappa shape index (κ2) is 8.94. The fraction of sp³-hybridized carbons (Fsp3) is 0.143. The molecular weight excluding hydrogens is 374 g/mol. The van der Waals surface area contributed by atoms with Crippen LogP contribution in [0, 0.1) is 10.1 Å². The van der Waals surface area contributed by atoms with Crippen molar-refractivity contribution in [1.29, 1.82) is 0 Å². The van der Waals surface area contributed by atoms with E-state index in [-0.39, 0.29) is 24.3 Å². The number of rotatable bonds is 6. The molecule has 0 aromatic heterocycles. The first-order chi connectivity index (χ1) is 14.0. The molecular formula is C21H19N3O5.